The van der Waals surface area contributed by atoms with Crippen molar-refractivity contribution in [3.05, 3.63) is 41.5 Å². The first-order valence-electron chi connectivity index (χ1n) is 7.79. The minimum Gasteiger partial charge on any atom is -0.489 e. The smallest absolute Gasteiger partial charge is 0.303 e. The molecule has 0 aromatic heterocycles. The van der Waals surface area contributed by atoms with Crippen molar-refractivity contribution < 1.29 is 14.6 Å². The van der Waals surface area contributed by atoms with Gasteiger partial charge in [0, 0.05) is 6.42 Å². The van der Waals surface area contributed by atoms with Crippen LogP contribution in [0.15, 0.2) is 35.9 Å². The van der Waals surface area contributed by atoms with Crippen molar-refractivity contribution in [3.63, 3.8) is 0 Å². The lowest BCUT2D eigenvalue weighted by molar-refractivity contribution is -0.136. The first-order chi connectivity index (χ1) is 10.2. The lowest BCUT2D eigenvalue weighted by Crippen LogP contribution is -2.23. The van der Waals surface area contributed by atoms with Gasteiger partial charge in [-0.1, -0.05) is 24.6 Å². The standard InChI is InChI=1S/C18H22O3/c19-17(20)7-4-14-2-5-16(6-3-14)21-13-15-8-11-18(12-15)9-1-10-18/h2-3,5-6,12H,1,4,7-11,13H2,(H,19,20). The number of allylic oxidation sites excluding steroid dienone is 1. The largest absolute Gasteiger partial charge is 0.489 e. The molecular formula is C18H22O3. The molecule has 3 rings (SSSR count). The van der Waals surface area contributed by atoms with Gasteiger partial charge in [-0.15, -0.1) is 0 Å². The van der Waals surface area contributed by atoms with E-state index in [4.69, 9.17) is 9.84 Å². The summed E-state index contributed by atoms with van der Waals surface area (Å²) in [5.41, 5.74) is 3.00. The van der Waals surface area contributed by atoms with Crippen LogP contribution in [0.25, 0.3) is 0 Å². The van der Waals surface area contributed by atoms with Crippen LogP contribution in [0.5, 0.6) is 5.75 Å². The van der Waals surface area contributed by atoms with E-state index in [1.54, 1.807) is 0 Å². The molecule has 0 aliphatic heterocycles. The zero-order valence-electron chi connectivity index (χ0n) is 12.3. The Morgan fingerprint density at radius 1 is 1.19 bits per heavy atom. The number of carboxylic acids is 1. The molecule has 1 fully saturated rings. The normalized spacial score (nSPS) is 19.1. The van der Waals surface area contributed by atoms with Crippen LogP contribution < -0.4 is 4.74 Å². The van der Waals surface area contributed by atoms with Crippen LogP contribution in [-0.2, 0) is 11.2 Å². The average Bonchev–Trinajstić information content (AvgIpc) is 2.89. The SMILES string of the molecule is O=C(O)CCc1ccc(OCC2=CC3(CCC3)CC2)cc1. The second kappa shape index (κ2) is 5.92. The summed E-state index contributed by atoms with van der Waals surface area (Å²) in [7, 11) is 0. The van der Waals surface area contributed by atoms with Gasteiger partial charge in [0.25, 0.3) is 0 Å². The summed E-state index contributed by atoms with van der Waals surface area (Å²) in [4.78, 5) is 10.5. The van der Waals surface area contributed by atoms with E-state index >= 15 is 0 Å². The van der Waals surface area contributed by atoms with E-state index in [1.165, 1.54) is 37.7 Å². The number of ether oxygens (including phenoxy) is 1. The van der Waals surface area contributed by atoms with Crippen LogP contribution in [0.1, 0.15) is 44.1 Å². The molecule has 0 amide bonds. The van der Waals surface area contributed by atoms with Crippen LogP contribution in [0.4, 0.5) is 0 Å². The maximum Gasteiger partial charge on any atom is 0.303 e. The summed E-state index contributed by atoms with van der Waals surface area (Å²) in [6.07, 6.45) is 9.78. The molecule has 2 aliphatic rings. The van der Waals surface area contributed by atoms with Crippen LogP contribution in [-0.4, -0.2) is 17.7 Å². The first-order valence-corrected chi connectivity index (χ1v) is 7.79. The molecule has 1 N–H and O–H groups in total. The molecule has 3 nitrogen and oxygen atoms in total. The van der Waals surface area contributed by atoms with Crippen LogP contribution in [0, 0.1) is 5.41 Å². The van der Waals surface area contributed by atoms with Crippen molar-refractivity contribution in [2.24, 2.45) is 5.41 Å². The Morgan fingerprint density at radius 3 is 2.52 bits per heavy atom. The van der Waals surface area contributed by atoms with Gasteiger partial charge in [0.15, 0.2) is 0 Å². The second-order valence-electron chi connectivity index (χ2n) is 6.34. The van der Waals surface area contributed by atoms with E-state index in [0.29, 0.717) is 18.4 Å². The highest BCUT2D eigenvalue weighted by Crippen LogP contribution is 2.51. The maximum atomic E-state index is 10.5. The van der Waals surface area contributed by atoms with Crippen molar-refractivity contribution in [2.45, 2.75) is 44.9 Å². The topological polar surface area (TPSA) is 46.5 Å². The monoisotopic (exact) mass is 286 g/mol. The second-order valence-corrected chi connectivity index (χ2v) is 6.34. The first kappa shape index (κ1) is 14.2. The molecule has 0 saturated heterocycles. The van der Waals surface area contributed by atoms with Crippen molar-refractivity contribution in [2.75, 3.05) is 6.61 Å². The Kier molecular flexibility index (Phi) is 4.00. The van der Waals surface area contributed by atoms with Crippen molar-refractivity contribution in [1.82, 2.24) is 0 Å². The molecule has 0 bridgehead atoms. The Hall–Kier alpha value is -1.77. The Morgan fingerprint density at radius 2 is 1.95 bits per heavy atom. The molecule has 1 aromatic rings. The summed E-state index contributed by atoms with van der Waals surface area (Å²) in [5, 5.41) is 8.67. The van der Waals surface area contributed by atoms with E-state index in [9.17, 15) is 4.79 Å². The van der Waals surface area contributed by atoms with E-state index in [-0.39, 0.29) is 6.42 Å². The minimum absolute atomic E-state index is 0.176. The molecule has 1 saturated carbocycles. The summed E-state index contributed by atoms with van der Waals surface area (Å²) in [5.74, 6) is 0.109. The number of hydrogen-bond donors (Lipinski definition) is 1. The fourth-order valence-electron chi connectivity index (χ4n) is 3.31. The molecular weight excluding hydrogens is 264 g/mol. The van der Waals surface area contributed by atoms with Gasteiger partial charge < -0.3 is 9.84 Å². The highest BCUT2D eigenvalue weighted by atomic mass is 16.5. The number of aliphatic carboxylic acids is 1. The van der Waals surface area contributed by atoms with E-state index < -0.39 is 5.97 Å². The third-order valence-corrected chi connectivity index (χ3v) is 4.78. The number of aryl methyl sites for hydroxylation is 1. The molecule has 0 unspecified atom stereocenters. The van der Waals surface area contributed by atoms with E-state index in [2.05, 4.69) is 6.08 Å². The summed E-state index contributed by atoms with van der Waals surface area (Å²) in [6, 6.07) is 7.78. The summed E-state index contributed by atoms with van der Waals surface area (Å²) < 4.78 is 5.85. The average molecular weight is 286 g/mol. The molecule has 0 heterocycles. The van der Waals surface area contributed by atoms with Gasteiger partial charge in [-0.2, -0.15) is 0 Å². The van der Waals surface area contributed by atoms with Gasteiger partial charge >= 0.3 is 5.97 Å². The number of carbonyl (C=O) groups is 1. The van der Waals surface area contributed by atoms with Gasteiger partial charge in [-0.3, -0.25) is 4.79 Å². The van der Waals surface area contributed by atoms with Crippen molar-refractivity contribution in [1.29, 1.82) is 0 Å². The fourth-order valence-corrected chi connectivity index (χ4v) is 3.31. The lowest BCUT2D eigenvalue weighted by atomic mass is 9.69. The van der Waals surface area contributed by atoms with Gasteiger partial charge in [0.1, 0.15) is 12.4 Å². The quantitative estimate of drug-likeness (QED) is 0.805. The summed E-state index contributed by atoms with van der Waals surface area (Å²) >= 11 is 0. The fraction of sp³-hybridized carbons (Fsp3) is 0.500. The number of rotatable bonds is 6. The van der Waals surface area contributed by atoms with Gasteiger partial charge in [-0.25, -0.2) is 0 Å². The van der Waals surface area contributed by atoms with E-state index in [0.717, 1.165) is 11.3 Å². The van der Waals surface area contributed by atoms with Crippen molar-refractivity contribution in [3.8, 4) is 5.75 Å². The lowest BCUT2D eigenvalue weighted by Gasteiger charge is -2.36. The highest BCUT2D eigenvalue weighted by Gasteiger charge is 2.38. The van der Waals surface area contributed by atoms with Crippen molar-refractivity contribution >= 4 is 5.97 Å². The van der Waals surface area contributed by atoms with Crippen LogP contribution in [0.2, 0.25) is 0 Å². The van der Waals surface area contributed by atoms with E-state index in [1.807, 2.05) is 24.3 Å². The Bertz CT molecular complexity index is 538. The van der Waals surface area contributed by atoms with Gasteiger partial charge in [0.2, 0.25) is 0 Å². The molecule has 1 aromatic carbocycles. The molecule has 112 valence electrons. The third-order valence-electron chi connectivity index (χ3n) is 4.78. The molecule has 21 heavy (non-hydrogen) atoms. The molecule has 3 heteroatoms. The third kappa shape index (κ3) is 3.46. The number of hydrogen-bond acceptors (Lipinski definition) is 2. The van der Waals surface area contributed by atoms with Gasteiger partial charge in [0.05, 0.1) is 0 Å². The van der Waals surface area contributed by atoms with Crippen LogP contribution in [0.3, 0.4) is 0 Å². The highest BCUT2D eigenvalue weighted by molar-refractivity contribution is 5.67. The zero-order chi connectivity index (χ0) is 14.7. The minimum atomic E-state index is -0.756. The predicted octanol–water partition coefficient (Wildman–Crippen LogP) is 3.97. The van der Waals surface area contributed by atoms with Gasteiger partial charge in [-0.05, 0) is 60.8 Å². The number of benzene rings is 1. The molecule has 1 spiro atoms. The van der Waals surface area contributed by atoms with Crippen LogP contribution >= 0.6 is 0 Å². The molecule has 0 radical (unpaired) electrons. The molecule has 0 atom stereocenters. The summed E-state index contributed by atoms with van der Waals surface area (Å²) in [6.45, 7) is 0.691. The Labute approximate surface area is 125 Å². The molecule has 2 aliphatic carbocycles. The predicted molar refractivity (Wildman–Crippen MR) is 81.5 cm³/mol. The zero-order valence-corrected chi connectivity index (χ0v) is 12.3. The maximum absolute atomic E-state index is 10.5. The Balaban J connectivity index is 1.49. The number of carboxylic acid groups (broad SMARTS) is 1.